The van der Waals surface area contributed by atoms with Gasteiger partial charge in [0.1, 0.15) is 0 Å². The standard InChI is InChI=1S/C16H17N5O2.2ClH/c1-21(2)8-7-18-16-12-11(15(17)19-20-16)13(22)9-5-3-4-6-10(9)14(12)23;;/h3-6H,7-8H2,1-2H3,(H2,17,19)(H,18,20);2*1H. The van der Waals surface area contributed by atoms with Gasteiger partial charge in [-0.15, -0.1) is 35.0 Å². The van der Waals surface area contributed by atoms with Gasteiger partial charge in [0.2, 0.25) is 0 Å². The first kappa shape index (κ1) is 20.8. The molecular weight excluding hydrogens is 365 g/mol. The van der Waals surface area contributed by atoms with Crippen LogP contribution in [-0.2, 0) is 0 Å². The van der Waals surface area contributed by atoms with E-state index in [4.69, 9.17) is 5.73 Å². The van der Waals surface area contributed by atoms with Crippen molar-refractivity contribution in [3.63, 3.8) is 0 Å². The van der Waals surface area contributed by atoms with Gasteiger partial charge in [-0.05, 0) is 14.1 Å². The molecule has 0 unspecified atom stereocenters. The average molecular weight is 384 g/mol. The Labute approximate surface area is 157 Å². The number of hydrogen-bond acceptors (Lipinski definition) is 7. The lowest BCUT2D eigenvalue weighted by atomic mass is 9.84. The maximum atomic E-state index is 12.8. The Morgan fingerprint density at radius 1 is 1.00 bits per heavy atom. The minimum absolute atomic E-state index is 0. The van der Waals surface area contributed by atoms with Gasteiger partial charge in [-0.1, -0.05) is 24.3 Å². The van der Waals surface area contributed by atoms with Crippen LogP contribution >= 0.6 is 24.8 Å². The van der Waals surface area contributed by atoms with Crippen molar-refractivity contribution in [2.45, 2.75) is 0 Å². The van der Waals surface area contributed by atoms with Crippen molar-refractivity contribution in [1.29, 1.82) is 0 Å². The van der Waals surface area contributed by atoms with E-state index in [1.807, 2.05) is 19.0 Å². The normalized spacial score (nSPS) is 12.0. The van der Waals surface area contributed by atoms with Crippen LogP contribution in [0.5, 0.6) is 0 Å². The number of carbonyl (C=O) groups is 2. The molecule has 0 atom stereocenters. The zero-order chi connectivity index (χ0) is 16.6. The summed E-state index contributed by atoms with van der Waals surface area (Å²) in [6.07, 6.45) is 0. The van der Waals surface area contributed by atoms with Gasteiger partial charge < -0.3 is 16.0 Å². The molecule has 0 saturated carbocycles. The van der Waals surface area contributed by atoms with Gasteiger partial charge in [-0.2, -0.15) is 0 Å². The summed E-state index contributed by atoms with van der Waals surface area (Å²) in [5.74, 6) is -0.280. The fraction of sp³-hybridized carbons (Fsp3) is 0.250. The third kappa shape index (κ3) is 3.73. The summed E-state index contributed by atoms with van der Waals surface area (Å²) in [5, 5.41) is 10.9. The molecule has 0 spiro atoms. The summed E-state index contributed by atoms with van der Waals surface area (Å²) in [4.78, 5) is 27.5. The topological polar surface area (TPSA) is 101 Å². The molecule has 9 heteroatoms. The molecule has 134 valence electrons. The highest BCUT2D eigenvalue weighted by Gasteiger charge is 2.34. The Bertz CT molecular complexity index is 811. The van der Waals surface area contributed by atoms with E-state index in [1.54, 1.807) is 24.3 Å². The van der Waals surface area contributed by atoms with Gasteiger partial charge in [-0.25, -0.2) is 0 Å². The van der Waals surface area contributed by atoms with E-state index in [0.29, 0.717) is 23.5 Å². The predicted octanol–water partition coefficient (Wildman–Crippen LogP) is 1.65. The fourth-order valence-electron chi connectivity index (χ4n) is 2.57. The molecular formula is C16H19Cl2N5O2. The van der Waals surface area contributed by atoms with Crippen molar-refractivity contribution < 1.29 is 9.59 Å². The molecule has 3 N–H and O–H groups in total. The van der Waals surface area contributed by atoms with Crippen molar-refractivity contribution in [3.8, 4) is 0 Å². The molecule has 2 aromatic rings. The maximum absolute atomic E-state index is 12.8. The summed E-state index contributed by atoms with van der Waals surface area (Å²) in [6.45, 7) is 1.32. The molecule has 1 aromatic heterocycles. The second-order valence-corrected chi connectivity index (χ2v) is 5.62. The average Bonchev–Trinajstić information content (AvgIpc) is 2.53. The lowest BCUT2D eigenvalue weighted by molar-refractivity contribution is 0.0979. The second kappa shape index (κ2) is 8.24. The van der Waals surface area contributed by atoms with Gasteiger partial charge in [0, 0.05) is 24.2 Å². The van der Waals surface area contributed by atoms with E-state index in [0.717, 1.165) is 6.54 Å². The number of nitrogens with one attached hydrogen (secondary N) is 1. The van der Waals surface area contributed by atoms with Crippen molar-refractivity contribution in [2.75, 3.05) is 38.2 Å². The van der Waals surface area contributed by atoms with Gasteiger partial charge in [-0.3, -0.25) is 9.59 Å². The number of nitrogens with two attached hydrogens (primary N) is 1. The van der Waals surface area contributed by atoms with E-state index in [-0.39, 0.29) is 53.3 Å². The van der Waals surface area contributed by atoms with Crippen LogP contribution in [0.3, 0.4) is 0 Å². The highest BCUT2D eigenvalue weighted by Crippen LogP contribution is 2.32. The largest absolute Gasteiger partial charge is 0.382 e. The Kier molecular flexibility index (Phi) is 6.87. The smallest absolute Gasteiger partial charge is 0.198 e. The summed E-state index contributed by atoms with van der Waals surface area (Å²) in [6, 6.07) is 6.71. The van der Waals surface area contributed by atoms with Gasteiger partial charge in [0.05, 0.1) is 11.1 Å². The lowest BCUT2D eigenvalue weighted by Gasteiger charge is -2.20. The number of benzene rings is 1. The van der Waals surface area contributed by atoms with E-state index < -0.39 is 0 Å². The molecule has 1 heterocycles. The highest BCUT2D eigenvalue weighted by atomic mass is 35.5. The van der Waals surface area contributed by atoms with Crippen LogP contribution in [0.2, 0.25) is 0 Å². The number of rotatable bonds is 4. The third-order valence-corrected chi connectivity index (χ3v) is 3.72. The number of ketones is 2. The first-order valence-electron chi connectivity index (χ1n) is 7.24. The molecule has 0 fully saturated rings. The van der Waals surface area contributed by atoms with E-state index in [9.17, 15) is 9.59 Å². The zero-order valence-electron chi connectivity index (χ0n) is 13.8. The highest BCUT2D eigenvalue weighted by molar-refractivity contribution is 6.31. The molecule has 0 saturated heterocycles. The quantitative estimate of drug-likeness (QED) is 0.705. The monoisotopic (exact) mass is 383 g/mol. The van der Waals surface area contributed by atoms with Crippen LogP contribution in [0.4, 0.5) is 11.6 Å². The molecule has 1 aliphatic rings. The molecule has 0 aliphatic heterocycles. The number of carbonyl (C=O) groups excluding carboxylic acids is 2. The van der Waals surface area contributed by atoms with Gasteiger partial charge in [0.25, 0.3) is 0 Å². The Balaban J connectivity index is 0.00000156. The molecule has 25 heavy (non-hydrogen) atoms. The number of nitrogen functional groups attached to an aromatic ring is 1. The van der Waals surface area contributed by atoms with Crippen LogP contribution in [-0.4, -0.2) is 53.8 Å². The van der Waals surface area contributed by atoms with Crippen molar-refractivity contribution in [3.05, 3.63) is 46.5 Å². The Hall–Kier alpha value is -2.22. The minimum Gasteiger partial charge on any atom is -0.382 e. The number of likely N-dealkylation sites (N-methyl/N-ethyl adjacent to an activating group) is 1. The van der Waals surface area contributed by atoms with Crippen LogP contribution in [0, 0.1) is 0 Å². The number of halogens is 2. The molecule has 1 aromatic carbocycles. The van der Waals surface area contributed by atoms with Crippen molar-refractivity contribution in [1.82, 2.24) is 15.1 Å². The number of fused-ring (bicyclic) bond motifs is 2. The van der Waals surface area contributed by atoms with Crippen LogP contribution < -0.4 is 11.1 Å². The Morgan fingerprint density at radius 2 is 1.56 bits per heavy atom. The summed E-state index contributed by atoms with van der Waals surface area (Å²) >= 11 is 0. The SMILES string of the molecule is CN(C)CCNc1nnc(N)c2c1C(=O)c1ccccc1C2=O.Cl.Cl. The second-order valence-electron chi connectivity index (χ2n) is 5.62. The first-order chi connectivity index (χ1) is 11.0. The first-order valence-corrected chi connectivity index (χ1v) is 7.24. The molecule has 7 nitrogen and oxygen atoms in total. The molecule has 3 rings (SSSR count). The van der Waals surface area contributed by atoms with Crippen LogP contribution in [0.1, 0.15) is 31.8 Å². The van der Waals surface area contributed by atoms with E-state index >= 15 is 0 Å². The summed E-state index contributed by atoms with van der Waals surface area (Å²) in [5.41, 5.74) is 6.88. The molecule has 0 amide bonds. The number of nitrogens with zero attached hydrogens (tertiary/aromatic N) is 3. The Morgan fingerprint density at radius 3 is 2.12 bits per heavy atom. The molecule has 0 bridgehead atoms. The summed E-state index contributed by atoms with van der Waals surface area (Å²) < 4.78 is 0. The summed E-state index contributed by atoms with van der Waals surface area (Å²) in [7, 11) is 3.88. The molecule has 0 radical (unpaired) electrons. The number of anilines is 2. The van der Waals surface area contributed by atoms with E-state index in [2.05, 4.69) is 15.5 Å². The minimum atomic E-state index is -0.293. The van der Waals surface area contributed by atoms with Crippen LogP contribution in [0.25, 0.3) is 0 Å². The lowest BCUT2D eigenvalue weighted by Crippen LogP contribution is -2.27. The molecule has 1 aliphatic carbocycles. The number of hydrogen-bond donors (Lipinski definition) is 2. The van der Waals surface area contributed by atoms with Crippen LogP contribution in [0.15, 0.2) is 24.3 Å². The third-order valence-electron chi connectivity index (χ3n) is 3.72. The number of aromatic nitrogens is 2. The fourth-order valence-corrected chi connectivity index (χ4v) is 2.57. The predicted molar refractivity (Wildman–Crippen MR) is 101 cm³/mol. The van der Waals surface area contributed by atoms with Gasteiger partial charge >= 0.3 is 0 Å². The zero-order valence-corrected chi connectivity index (χ0v) is 15.4. The van der Waals surface area contributed by atoms with E-state index in [1.165, 1.54) is 0 Å². The van der Waals surface area contributed by atoms with Gasteiger partial charge in [0.15, 0.2) is 23.2 Å². The van der Waals surface area contributed by atoms with Crippen molar-refractivity contribution >= 4 is 48.0 Å². The maximum Gasteiger partial charge on any atom is 0.198 e. The van der Waals surface area contributed by atoms with Crippen molar-refractivity contribution in [2.24, 2.45) is 0 Å².